The first-order chi connectivity index (χ1) is 14.8. The molecule has 164 valence electrons. The van der Waals surface area contributed by atoms with Crippen LogP contribution in [-0.4, -0.2) is 50.1 Å². The standard InChI is InChI=1S/C20H21ClN4O5S/c21-16-5-3-4-15(12-16)19(27)22-13-18(26)23-24-20(28)14-6-8-17(9-7-14)31(29,30)25-10-1-2-11-25/h3-9,12H,1-2,10-11,13H2,(H,22,27)(H,23,26)(H,24,28). The molecule has 0 spiro atoms. The van der Waals surface area contributed by atoms with Crippen molar-refractivity contribution in [2.24, 2.45) is 0 Å². The summed E-state index contributed by atoms with van der Waals surface area (Å²) in [5, 5.41) is 2.80. The van der Waals surface area contributed by atoms with Crippen molar-refractivity contribution < 1.29 is 22.8 Å². The largest absolute Gasteiger partial charge is 0.343 e. The molecule has 0 bridgehead atoms. The molecule has 0 aliphatic carbocycles. The van der Waals surface area contributed by atoms with E-state index in [1.165, 1.54) is 34.6 Å². The number of benzene rings is 2. The molecule has 3 amide bonds. The number of halogens is 1. The molecule has 1 aliphatic heterocycles. The monoisotopic (exact) mass is 464 g/mol. The maximum atomic E-state index is 12.5. The molecule has 31 heavy (non-hydrogen) atoms. The van der Waals surface area contributed by atoms with Crippen LogP contribution in [-0.2, 0) is 14.8 Å². The van der Waals surface area contributed by atoms with E-state index in [0.29, 0.717) is 23.7 Å². The Labute approximate surface area is 184 Å². The van der Waals surface area contributed by atoms with Crippen LogP contribution >= 0.6 is 11.6 Å². The Morgan fingerprint density at radius 3 is 2.23 bits per heavy atom. The third kappa shape index (κ3) is 5.81. The van der Waals surface area contributed by atoms with Gasteiger partial charge in [0.15, 0.2) is 0 Å². The van der Waals surface area contributed by atoms with Crippen LogP contribution in [0.1, 0.15) is 33.6 Å². The van der Waals surface area contributed by atoms with Crippen molar-refractivity contribution in [1.29, 1.82) is 0 Å². The lowest BCUT2D eigenvalue weighted by molar-refractivity contribution is -0.120. The van der Waals surface area contributed by atoms with Crippen LogP contribution in [0, 0.1) is 0 Å². The van der Waals surface area contributed by atoms with Gasteiger partial charge < -0.3 is 5.32 Å². The number of rotatable bonds is 6. The predicted octanol–water partition coefficient (Wildman–Crippen LogP) is 1.32. The van der Waals surface area contributed by atoms with Crippen molar-refractivity contribution >= 4 is 39.3 Å². The van der Waals surface area contributed by atoms with E-state index in [2.05, 4.69) is 16.2 Å². The first kappa shape index (κ1) is 22.7. The first-order valence-electron chi connectivity index (χ1n) is 9.50. The normalized spacial score (nSPS) is 14.1. The summed E-state index contributed by atoms with van der Waals surface area (Å²) in [5.74, 6) is -1.75. The summed E-state index contributed by atoms with van der Waals surface area (Å²) in [4.78, 5) is 36.1. The van der Waals surface area contributed by atoms with Crippen LogP contribution in [0.15, 0.2) is 53.4 Å². The van der Waals surface area contributed by atoms with Gasteiger partial charge in [0, 0.05) is 29.2 Å². The third-order valence-corrected chi connectivity index (χ3v) is 6.78. The number of sulfonamides is 1. The predicted molar refractivity (Wildman–Crippen MR) is 114 cm³/mol. The van der Waals surface area contributed by atoms with E-state index in [1.807, 2.05) is 0 Å². The van der Waals surface area contributed by atoms with Crippen LogP contribution in [0.4, 0.5) is 0 Å². The van der Waals surface area contributed by atoms with Crippen LogP contribution in [0.2, 0.25) is 5.02 Å². The Balaban J connectivity index is 1.49. The van der Waals surface area contributed by atoms with Gasteiger partial charge in [-0.1, -0.05) is 17.7 Å². The highest BCUT2D eigenvalue weighted by Gasteiger charge is 2.27. The molecule has 0 atom stereocenters. The number of nitrogens with one attached hydrogen (secondary N) is 3. The molecule has 0 saturated carbocycles. The van der Waals surface area contributed by atoms with Crippen LogP contribution in [0.5, 0.6) is 0 Å². The van der Waals surface area contributed by atoms with Gasteiger partial charge in [0.25, 0.3) is 17.7 Å². The number of amides is 3. The van der Waals surface area contributed by atoms with E-state index in [0.717, 1.165) is 12.8 Å². The van der Waals surface area contributed by atoms with Gasteiger partial charge >= 0.3 is 0 Å². The second-order valence-electron chi connectivity index (χ2n) is 6.83. The van der Waals surface area contributed by atoms with Gasteiger partial charge in [-0.15, -0.1) is 0 Å². The molecular weight excluding hydrogens is 444 g/mol. The van der Waals surface area contributed by atoms with E-state index in [4.69, 9.17) is 11.6 Å². The Morgan fingerprint density at radius 2 is 1.58 bits per heavy atom. The molecule has 1 heterocycles. The van der Waals surface area contributed by atoms with E-state index in [9.17, 15) is 22.8 Å². The van der Waals surface area contributed by atoms with Crippen LogP contribution in [0.25, 0.3) is 0 Å². The number of nitrogens with zero attached hydrogens (tertiary/aromatic N) is 1. The lowest BCUT2D eigenvalue weighted by Gasteiger charge is -2.15. The van der Waals surface area contributed by atoms with Crippen LogP contribution in [0.3, 0.4) is 0 Å². The van der Waals surface area contributed by atoms with Gasteiger partial charge in [-0.2, -0.15) is 4.31 Å². The molecule has 2 aromatic carbocycles. The van der Waals surface area contributed by atoms with E-state index < -0.39 is 27.7 Å². The van der Waals surface area contributed by atoms with Crippen molar-refractivity contribution in [2.75, 3.05) is 19.6 Å². The van der Waals surface area contributed by atoms with Gasteiger partial charge in [0.1, 0.15) is 0 Å². The van der Waals surface area contributed by atoms with E-state index >= 15 is 0 Å². The maximum absolute atomic E-state index is 12.5. The zero-order valence-electron chi connectivity index (χ0n) is 16.4. The van der Waals surface area contributed by atoms with Crippen molar-refractivity contribution in [3.05, 3.63) is 64.7 Å². The average Bonchev–Trinajstić information content (AvgIpc) is 3.32. The summed E-state index contributed by atoms with van der Waals surface area (Å²) in [6.07, 6.45) is 1.66. The maximum Gasteiger partial charge on any atom is 0.269 e. The molecule has 11 heteroatoms. The minimum atomic E-state index is -3.56. The quantitative estimate of drug-likeness (QED) is 0.556. The topological polar surface area (TPSA) is 125 Å². The molecule has 0 radical (unpaired) electrons. The molecule has 1 aliphatic rings. The lowest BCUT2D eigenvalue weighted by atomic mass is 10.2. The molecule has 0 unspecified atom stereocenters. The number of hydrazine groups is 1. The van der Waals surface area contributed by atoms with Crippen molar-refractivity contribution in [3.8, 4) is 0 Å². The molecule has 1 saturated heterocycles. The van der Waals surface area contributed by atoms with Crippen molar-refractivity contribution in [3.63, 3.8) is 0 Å². The van der Waals surface area contributed by atoms with Gasteiger partial charge in [-0.05, 0) is 55.3 Å². The third-order valence-electron chi connectivity index (χ3n) is 4.63. The molecule has 9 nitrogen and oxygen atoms in total. The highest BCUT2D eigenvalue weighted by molar-refractivity contribution is 7.89. The highest BCUT2D eigenvalue weighted by atomic mass is 35.5. The van der Waals surface area contributed by atoms with Crippen LogP contribution < -0.4 is 16.2 Å². The number of hydrogen-bond donors (Lipinski definition) is 3. The minimum Gasteiger partial charge on any atom is -0.343 e. The zero-order chi connectivity index (χ0) is 22.4. The van der Waals surface area contributed by atoms with Gasteiger partial charge in [0.2, 0.25) is 10.0 Å². The molecule has 3 N–H and O–H groups in total. The average molecular weight is 465 g/mol. The summed E-state index contributed by atoms with van der Waals surface area (Å²) >= 11 is 5.82. The molecule has 3 rings (SSSR count). The fraction of sp³-hybridized carbons (Fsp3) is 0.250. The smallest absolute Gasteiger partial charge is 0.269 e. The van der Waals surface area contributed by atoms with E-state index in [1.54, 1.807) is 18.2 Å². The first-order valence-corrected chi connectivity index (χ1v) is 11.3. The lowest BCUT2D eigenvalue weighted by Crippen LogP contribution is -2.46. The highest BCUT2D eigenvalue weighted by Crippen LogP contribution is 2.21. The Bertz CT molecular complexity index is 1080. The van der Waals surface area contributed by atoms with Crippen molar-refractivity contribution in [2.45, 2.75) is 17.7 Å². The molecular formula is C20H21ClN4O5S. The Kier molecular flexibility index (Phi) is 7.26. The molecule has 1 fully saturated rings. The minimum absolute atomic E-state index is 0.110. The SMILES string of the molecule is O=C(CNC(=O)c1cccc(Cl)c1)NNC(=O)c1ccc(S(=O)(=O)N2CCCC2)cc1. The fourth-order valence-corrected chi connectivity index (χ4v) is 4.70. The van der Waals surface area contributed by atoms with E-state index in [-0.39, 0.29) is 17.0 Å². The summed E-state index contributed by atoms with van der Waals surface area (Å²) in [6.45, 7) is 0.619. The van der Waals surface area contributed by atoms with Gasteiger partial charge in [0.05, 0.1) is 11.4 Å². The van der Waals surface area contributed by atoms with Crippen molar-refractivity contribution in [1.82, 2.24) is 20.5 Å². The Morgan fingerprint density at radius 1 is 0.903 bits per heavy atom. The van der Waals surface area contributed by atoms with Gasteiger partial charge in [-0.25, -0.2) is 8.42 Å². The second kappa shape index (κ2) is 9.90. The number of hydrogen-bond acceptors (Lipinski definition) is 5. The summed E-state index contributed by atoms with van der Waals surface area (Å²) in [7, 11) is -3.56. The Hall–Kier alpha value is -2.95. The fourth-order valence-electron chi connectivity index (χ4n) is 2.99. The summed E-state index contributed by atoms with van der Waals surface area (Å²) < 4.78 is 26.4. The number of carbonyl (C=O) groups excluding carboxylic acids is 3. The van der Waals surface area contributed by atoms with Gasteiger partial charge in [-0.3, -0.25) is 25.2 Å². The summed E-state index contributed by atoms with van der Waals surface area (Å²) in [5.41, 5.74) is 4.87. The summed E-state index contributed by atoms with van der Waals surface area (Å²) in [6, 6.07) is 11.7. The molecule has 2 aromatic rings. The number of carbonyl (C=O) groups is 3. The zero-order valence-corrected chi connectivity index (χ0v) is 18.0. The second-order valence-corrected chi connectivity index (χ2v) is 9.21. The molecule has 0 aromatic heterocycles.